The number of nitrogens with zero attached hydrogens (tertiary/aromatic N) is 1. The number of halogens is 2. The molecule has 0 aliphatic carbocycles. The molecule has 2 rings (SSSR count). The number of ether oxygens (including phenoxy) is 1. The Morgan fingerprint density at radius 2 is 1.65 bits per heavy atom. The van der Waals surface area contributed by atoms with Crippen molar-refractivity contribution >= 4 is 49.3 Å². The van der Waals surface area contributed by atoms with Gasteiger partial charge < -0.3 is 0 Å². The van der Waals surface area contributed by atoms with Gasteiger partial charge in [-0.05, 0) is 0 Å². The van der Waals surface area contributed by atoms with Gasteiger partial charge >= 0.3 is 173 Å². The molecule has 0 saturated carbocycles. The van der Waals surface area contributed by atoms with E-state index in [1.165, 1.54) is 0 Å². The number of benzene rings is 2. The fourth-order valence-corrected chi connectivity index (χ4v) is 6.15. The van der Waals surface area contributed by atoms with Crippen LogP contribution >= 0.6 is 23.2 Å². The van der Waals surface area contributed by atoms with Crippen LogP contribution in [0.5, 0.6) is 5.75 Å². The van der Waals surface area contributed by atoms with Crippen molar-refractivity contribution in [3.05, 3.63) is 58.6 Å². The third-order valence-corrected chi connectivity index (χ3v) is 9.02. The molecule has 0 fully saturated rings. The van der Waals surface area contributed by atoms with E-state index in [1.807, 2.05) is 36.4 Å². The average molecular weight is 456 g/mol. The van der Waals surface area contributed by atoms with E-state index in [0.29, 0.717) is 15.8 Å². The minimum atomic E-state index is -0.891. The van der Waals surface area contributed by atoms with Gasteiger partial charge in [-0.15, -0.1) is 0 Å². The Balaban J connectivity index is 2.16. The van der Waals surface area contributed by atoms with Crippen molar-refractivity contribution in [2.24, 2.45) is 0 Å². The van der Waals surface area contributed by atoms with Gasteiger partial charge in [0.2, 0.25) is 0 Å². The first-order chi connectivity index (χ1) is 12.5. The number of rotatable bonds is 9. The Bertz CT molecular complexity index is 688. The second kappa shape index (κ2) is 11.0. The van der Waals surface area contributed by atoms with Gasteiger partial charge in [-0.1, -0.05) is 0 Å². The quantitative estimate of drug-likeness (QED) is 0.322. The van der Waals surface area contributed by atoms with Crippen LogP contribution in [-0.4, -0.2) is 46.3 Å². The normalized spacial score (nSPS) is 12.7. The van der Waals surface area contributed by atoms with E-state index in [2.05, 4.69) is 18.7 Å². The first-order valence-corrected chi connectivity index (χ1v) is 11.8. The van der Waals surface area contributed by atoms with Crippen molar-refractivity contribution in [3.63, 3.8) is 0 Å². The van der Waals surface area contributed by atoms with Crippen LogP contribution in [0.25, 0.3) is 0 Å². The van der Waals surface area contributed by atoms with Gasteiger partial charge in [-0.25, -0.2) is 0 Å². The van der Waals surface area contributed by atoms with Crippen molar-refractivity contribution in [1.82, 2.24) is 4.90 Å². The summed E-state index contributed by atoms with van der Waals surface area (Å²) in [7, 11) is 0. The Labute approximate surface area is 172 Å². The van der Waals surface area contributed by atoms with E-state index < -0.39 is 15.8 Å². The molecular formula is C20H24AsCl2NO2. The van der Waals surface area contributed by atoms with Gasteiger partial charge in [0, 0.05) is 0 Å². The van der Waals surface area contributed by atoms with Crippen LogP contribution in [0.15, 0.2) is 48.5 Å². The van der Waals surface area contributed by atoms with E-state index in [4.69, 9.17) is 27.9 Å². The summed E-state index contributed by atoms with van der Waals surface area (Å²) < 4.78 is 6.35. The SMILES string of the molecule is CCN(CC)CCC([AsH]c1c(Cl)cccc1Cl)C(=O)Oc1ccccc1. The Morgan fingerprint density at radius 1 is 1.04 bits per heavy atom. The summed E-state index contributed by atoms with van der Waals surface area (Å²) in [6, 6.07) is 14.7. The molecule has 2 unspecified atom stereocenters. The minimum absolute atomic E-state index is 0.187. The Hall–Kier alpha value is -0.992. The maximum absolute atomic E-state index is 12.8. The second-order valence-electron chi connectivity index (χ2n) is 5.84. The molecule has 0 aliphatic heterocycles. The molecule has 0 bridgehead atoms. The molecule has 0 heterocycles. The second-order valence-corrected chi connectivity index (χ2v) is 9.77. The molecule has 0 N–H and O–H groups in total. The van der Waals surface area contributed by atoms with Crippen molar-refractivity contribution in [2.45, 2.75) is 25.0 Å². The summed E-state index contributed by atoms with van der Waals surface area (Å²) in [4.78, 5) is 15.1. The summed E-state index contributed by atoms with van der Waals surface area (Å²) in [6.07, 6.45) is 0.745. The predicted molar refractivity (Wildman–Crippen MR) is 111 cm³/mol. The number of para-hydroxylation sites is 1. The van der Waals surface area contributed by atoms with Crippen molar-refractivity contribution < 1.29 is 9.53 Å². The summed E-state index contributed by atoms with van der Waals surface area (Å²) in [5, 5.41) is 1.27. The summed E-state index contributed by atoms with van der Waals surface area (Å²) in [5.41, 5.74) is 0. The van der Waals surface area contributed by atoms with E-state index in [1.54, 1.807) is 12.1 Å². The average Bonchev–Trinajstić information content (AvgIpc) is 2.64. The van der Waals surface area contributed by atoms with Gasteiger partial charge in [0.25, 0.3) is 0 Å². The van der Waals surface area contributed by atoms with E-state index in [-0.39, 0.29) is 10.7 Å². The molecule has 140 valence electrons. The third-order valence-electron chi connectivity index (χ3n) is 4.16. The van der Waals surface area contributed by atoms with E-state index in [0.717, 1.165) is 30.4 Å². The summed E-state index contributed by atoms with van der Waals surface area (Å²) >= 11 is 11.8. The zero-order valence-corrected chi connectivity index (χ0v) is 18.7. The molecule has 2 aromatic rings. The number of esters is 1. The van der Waals surface area contributed by atoms with Crippen LogP contribution in [-0.2, 0) is 4.79 Å². The first-order valence-electron chi connectivity index (χ1n) is 8.74. The van der Waals surface area contributed by atoms with Gasteiger partial charge in [-0.3, -0.25) is 0 Å². The number of carbonyl (C=O) groups is 1. The number of hydrogen-bond donors (Lipinski definition) is 0. The Kier molecular flexibility index (Phi) is 9.01. The standard InChI is InChI=1S/C20H24AsCl2NO2/c1-3-24(4-2)14-13-16(20(25)26-15-9-6-5-7-10-15)21-19-17(22)11-8-12-18(19)23/h5-12,16,21H,3-4,13-14H2,1-2H3. The maximum atomic E-state index is 12.8. The van der Waals surface area contributed by atoms with Gasteiger partial charge in [0.05, 0.1) is 0 Å². The molecule has 0 aliphatic rings. The van der Waals surface area contributed by atoms with Crippen LogP contribution in [0.4, 0.5) is 0 Å². The number of hydrogen-bond acceptors (Lipinski definition) is 3. The van der Waals surface area contributed by atoms with E-state index in [9.17, 15) is 4.79 Å². The van der Waals surface area contributed by atoms with Crippen LogP contribution in [0, 0.1) is 0 Å². The van der Waals surface area contributed by atoms with Gasteiger partial charge in [-0.2, -0.15) is 0 Å². The molecule has 0 spiro atoms. The van der Waals surface area contributed by atoms with Gasteiger partial charge in [0.1, 0.15) is 0 Å². The fraction of sp³-hybridized carbons (Fsp3) is 0.350. The molecule has 0 saturated heterocycles. The van der Waals surface area contributed by atoms with Crippen molar-refractivity contribution in [3.8, 4) is 5.75 Å². The van der Waals surface area contributed by atoms with Crippen LogP contribution in [0.3, 0.4) is 0 Å². The zero-order valence-electron chi connectivity index (χ0n) is 15.0. The number of carbonyl (C=O) groups excluding carboxylic acids is 1. The summed E-state index contributed by atoms with van der Waals surface area (Å²) in [5.74, 6) is 0.376. The Morgan fingerprint density at radius 3 is 2.23 bits per heavy atom. The molecule has 26 heavy (non-hydrogen) atoms. The topological polar surface area (TPSA) is 29.5 Å². The summed E-state index contributed by atoms with van der Waals surface area (Å²) in [6.45, 7) is 7.03. The van der Waals surface area contributed by atoms with E-state index >= 15 is 0 Å². The van der Waals surface area contributed by atoms with Crippen LogP contribution in [0.1, 0.15) is 20.3 Å². The molecule has 3 nitrogen and oxygen atoms in total. The molecule has 6 heteroatoms. The third kappa shape index (κ3) is 6.32. The molecule has 2 atom stereocenters. The molecule has 0 radical (unpaired) electrons. The molecular weight excluding hydrogens is 432 g/mol. The fourth-order valence-electron chi connectivity index (χ4n) is 2.59. The molecule has 0 aromatic heterocycles. The van der Waals surface area contributed by atoms with Crippen molar-refractivity contribution in [2.75, 3.05) is 19.6 Å². The van der Waals surface area contributed by atoms with Gasteiger partial charge in [0.15, 0.2) is 0 Å². The first kappa shape index (κ1) is 21.3. The monoisotopic (exact) mass is 455 g/mol. The zero-order chi connectivity index (χ0) is 18.9. The molecule has 2 aromatic carbocycles. The van der Waals surface area contributed by atoms with Crippen molar-refractivity contribution in [1.29, 1.82) is 0 Å². The molecule has 0 amide bonds. The predicted octanol–water partition coefficient (Wildman–Crippen LogP) is 4.18. The van der Waals surface area contributed by atoms with Crippen LogP contribution in [0.2, 0.25) is 14.8 Å². The van der Waals surface area contributed by atoms with Crippen LogP contribution < -0.4 is 9.09 Å².